The number of carbonyl (C=O) groups is 1. The first-order valence-corrected chi connectivity index (χ1v) is 8.58. The van der Waals surface area contributed by atoms with Crippen molar-refractivity contribution in [2.24, 2.45) is 0 Å². The first-order chi connectivity index (χ1) is 12.5. The molecule has 0 radical (unpaired) electrons. The summed E-state index contributed by atoms with van der Waals surface area (Å²) in [4.78, 5) is 12.4. The highest BCUT2D eigenvalue weighted by atomic mass is 35.5. The van der Waals surface area contributed by atoms with Crippen molar-refractivity contribution in [3.63, 3.8) is 0 Å². The average molecular weight is 374 g/mol. The molecule has 0 aliphatic carbocycles. The maximum atomic E-state index is 12.4. The molecule has 0 unspecified atom stereocenters. The minimum absolute atomic E-state index is 0.239. The zero-order chi connectivity index (χ0) is 18.7. The van der Waals surface area contributed by atoms with Crippen LogP contribution in [0.1, 0.15) is 21.7 Å². The van der Waals surface area contributed by atoms with Crippen LogP contribution in [-0.2, 0) is 6.54 Å². The second-order valence-corrected chi connectivity index (χ2v) is 6.28. The molecule has 0 saturated carbocycles. The first-order valence-electron chi connectivity index (χ1n) is 8.21. The Labute approximate surface area is 156 Å². The molecule has 26 heavy (non-hydrogen) atoms. The van der Waals surface area contributed by atoms with E-state index in [0.29, 0.717) is 29.4 Å². The molecule has 6 nitrogen and oxygen atoms in total. The van der Waals surface area contributed by atoms with E-state index >= 15 is 0 Å². The second kappa shape index (κ2) is 7.66. The van der Waals surface area contributed by atoms with E-state index < -0.39 is 0 Å². The van der Waals surface area contributed by atoms with Crippen molar-refractivity contribution in [1.29, 1.82) is 0 Å². The molecule has 2 heterocycles. The van der Waals surface area contributed by atoms with Gasteiger partial charge >= 0.3 is 0 Å². The van der Waals surface area contributed by atoms with Crippen LogP contribution in [0.25, 0.3) is 11.3 Å². The van der Waals surface area contributed by atoms with Crippen molar-refractivity contribution < 1.29 is 13.9 Å². The lowest BCUT2D eigenvalue weighted by Gasteiger charge is -2.10. The number of carbonyl (C=O) groups excluding carboxylic acids is 1. The number of amides is 1. The van der Waals surface area contributed by atoms with Crippen molar-refractivity contribution in [2.45, 2.75) is 20.4 Å². The summed E-state index contributed by atoms with van der Waals surface area (Å²) in [6.45, 7) is 4.90. The third-order valence-corrected chi connectivity index (χ3v) is 4.40. The third kappa shape index (κ3) is 3.60. The summed E-state index contributed by atoms with van der Waals surface area (Å²) in [6.07, 6.45) is 1.64. The Morgan fingerprint density at radius 1 is 1.35 bits per heavy atom. The van der Waals surface area contributed by atoms with E-state index in [1.807, 2.05) is 30.7 Å². The van der Waals surface area contributed by atoms with E-state index in [-0.39, 0.29) is 5.91 Å². The Bertz CT molecular complexity index is 917. The van der Waals surface area contributed by atoms with E-state index in [9.17, 15) is 4.79 Å². The molecule has 0 aliphatic rings. The molecular formula is C19H20ClN3O3. The number of nitrogens with zero attached hydrogens (tertiary/aromatic N) is 2. The van der Waals surface area contributed by atoms with Crippen LogP contribution in [0.2, 0.25) is 5.02 Å². The van der Waals surface area contributed by atoms with Gasteiger partial charge in [0.15, 0.2) is 0 Å². The van der Waals surface area contributed by atoms with Gasteiger partial charge in [0.25, 0.3) is 5.91 Å². The highest BCUT2D eigenvalue weighted by Gasteiger charge is 2.16. The monoisotopic (exact) mass is 373 g/mol. The largest absolute Gasteiger partial charge is 0.496 e. The second-order valence-electron chi connectivity index (χ2n) is 5.85. The Morgan fingerprint density at radius 3 is 2.85 bits per heavy atom. The lowest BCUT2D eigenvalue weighted by Crippen LogP contribution is -2.28. The summed E-state index contributed by atoms with van der Waals surface area (Å²) in [7, 11) is 1.52. The van der Waals surface area contributed by atoms with Crippen molar-refractivity contribution in [2.75, 3.05) is 13.7 Å². The topological polar surface area (TPSA) is 69.3 Å². The van der Waals surface area contributed by atoms with Crippen LogP contribution in [0.4, 0.5) is 0 Å². The van der Waals surface area contributed by atoms with E-state index in [4.69, 9.17) is 20.8 Å². The molecule has 0 spiro atoms. The van der Waals surface area contributed by atoms with Crippen LogP contribution in [-0.4, -0.2) is 29.3 Å². The number of aryl methyl sites for hydroxylation is 1. The molecule has 0 aliphatic heterocycles. The summed E-state index contributed by atoms with van der Waals surface area (Å²) in [5.41, 5.74) is 3.27. The summed E-state index contributed by atoms with van der Waals surface area (Å²) in [5.74, 6) is 1.04. The molecule has 1 aromatic carbocycles. The van der Waals surface area contributed by atoms with Gasteiger partial charge in [-0.2, -0.15) is 5.10 Å². The van der Waals surface area contributed by atoms with Gasteiger partial charge in [-0.05, 0) is 44.2 Å². The molecule has 0 fully saturated rings. The van der Waals surface area contributed by atoms with Crippen LogP contribution in [0.3, 0.4) is 0 Å². The summed E-state index contributed by atoms with van der Waals surface area (Å²) in [6, 6.07) is 8.71. The van der Waals surface area contributed by atoms with E-state index in [0.717, 1.165) is 22.7 Å². The number of hydrogen-bond donors (Lipinski definition) is 1. The predicted octanol–water partition coefficient (Wildman–Crippen LogP) is 3.85. The van der Waals surface area contributed by atoms with Gasteiger partial charge in [-0.3, -0.25) is 9.48 Å². The van der Waals surface area contributed by atoms with Gasteiger partial charge in [-0.25, -0.2) is 0 Å². The summed E-state index contributed by atoms with van der Waals surface area (Å²) in [5, 5.41) is 7.91. The molecule has 2 aromatic heterocycles. The Kier molecular flexibility index (Phi) is 5.32. The predicted molar refractivity (Wildman–Crippen MR) is 99.7 cm³/mol. The fraction of sp³-hybridized carbons (Fsp3) is 0.263. The van der Waals surface area contributed by atoms with Crippen LogP contribution in [0.5, 0.6) is 5.75 Å². The number of halogens is 1. The van der Waals surface area contributed by atoms with Gasteiger partial charge in [0.05, 0.1) is 36.7 Å². The summed E-state index contributed by atoms with van der Waals surface area (Å²) >= 11 is 5.98. The molecule has 1 N–H and O–H groups in total. The average Bonchev–Trinajstić information content (AvgIpc) is 3.23. The van der Waals surface area contributed by atoms with Gasteiger partial charge in [0, 0.05) is 17.3 Å². The number of benzene rings is 1. The Hall–Kier alpha value is -2.73. The van der Waals surface area contributed by atoms with E-state index in [2.05, 4.69) is 10.4 Å². The maximum Gasteiger partial charge on any atom is 0.255 e. The van der Waals surface area contributed by atoms with Gasteiger partial charge < -0.3 is 14.5 Å². The highest BCUT2D eigenvalue weighted by molar-refractivity contribution is 6.31. The molecule has 0 atom stereocenters. The number of hydrogen-bond acceptors (Lipinski definition) is 4. The molecule has 1 amide bonds. The molecule has 3 aromatic rings. The standard InChI is InChI=1S/C19H20ClN3O3/c1-12-18(17-5-4-10-26-17)13(2)23(22-12)9-8-21-19(24)15-11-14(20)6-7-16(15)25-3/h4-7,10-11H,8-9H2,1-3H3,(H,21,24). The zero-order valence-corrected chi connectivity index (χ0v) is 15.6. The third-order valence-electron chi connectivity index (χ3n) is 4.16. The lowest BCUT2D eigenvalue weighted by molar-refractivity contribution is 0.0949. The number of rotatable bonds is 6. The van der Waals surface area contributed by atoms with Crippen LogP contribution < -0.4 is 10.1 Å². The van der Waals surface area contributed by atoms with Crippen molar-refractivity contribution in [3.8, 4) is 17.1 Å². The van der Waals surface area contributed by atoms with Gasteiger partial charge in [-0.1, -0.05) is 11.6 Å². The number of nitrogens with one attached hydrogen (secondary N) is 1. The SMILES string of the molecule is COc1ccc(Cl)cc1C(=O)NCCn1nc(C)c(-c2ccco2)c1C. The Morgan fingerprint density at radius 2 is 2.15 bits per heavy atom. The number of aromatic nitrogens is 2. The smallest absolute Gasteiger partial charge is 0.255 e. The fourth-order valence-corrected chi connectivity index (χ4v) is 3.09. The van der Waals surface area contributed by atoms with Crippen LogP contribution in [0, 0.1) is 13.8 Å². The minimum Gasteiger partial charge on any atom is -0.496 e. The normalized spacial score (nSPS) is 10.8. The molecular weight excluding hydrogens is 354 g/mol. The van der Waals surface area contributed by atoms with Crippen molar-refractivity contribution >= 4 is 17.5 Å². The summed E-state index contributed by atoms with van der Waals surface area (Å²) < 4.78 is 12.6. The van der Waals surface area contributed by atoms with Crippen molar-refractivity contribution in [1.82, 2.24) is 15.1 Å². The van der Waals surface area contributed by atoms with Crippen molar-refractivity contribution in [3.05, 3.63) is 58.6 Å². The quantitative estimate of drug-likeness (QED) is 0.712. The molecule has 7 heteroatoms. The number of methoxy groups -OCH3 is 1. The zero-order valence-electron chi connectivity index (χ0n) is 14.9. The van der Waals surface area contributed by atoms with E-state index in [1.165, 1.54) is 7.11 Å². The number of furan rings is 1. The van der Waals surface area contributed by atoms with Gasteiger partial charge in [0.2, 0.25) is 0 Å². The molecule has 0 saturated heterocycles. The minimum atomic E-state index is -0.239. The van der Waals surface area contributed by atoms with Gasteiger partial charge in [0.1, 0.15) is 11.5 Å². The van der Waals surface area contributed by atoms with E-state index in [1.54, 1.807) is 24.5 Å². The lowest BCUT2D eigenvalue weighted by atomic mass is 10.1. The van der Waals surface area contributed by atoms with Gasteiger partial charge in [-0.15, -0.1) is 0 Å². The first kappa shape index (κ1) is 18.1. The fourth-order valence-electron chi connectivity index (χ4n) is 2.92. The van der Waals surface area contributed by atoms with Crippen LogP contribution in [0.15, 0.2) is 41.0 Å². The van der Waals surface area contributed by atoms with Crippen LogP contribution >= 0.6 is 11.6 Å². The molecule has 136 valence electrons. The highest BCUT2D eigenvalue weighted by Crippen LogP contribution is 2.27. The maximum absolute atomic E-state index is 12.4. The number of ether oxygens (including phenoxy) is 1. The molecule has 3 rings (SSSR count). The molecule has 0 bridgehead atoms. The Balaban J connectivity index is 1.68.